The summed E-state index contributed by atoms with van der Waals surface area (Å²) in [6, 6.07) is 0. The normalized spacial score (nSPS) is 13.9. The molecule has 0 N–H and O–H groups in total. The van der Waals surface area contributed by atoms with Crippen LogP contribution in [0.3, 0.4) is 0 Å². The smallest absolute Gasteiger partial charge is 0.171 e. The summed E-state index contributed by atoms with van der Waals surface area (Å²) in [6.07, 6.45) is 9.05. The molecule has 0 heterocycles. The third-order valence-electron chi connectivity index (χ3n) is 2.23. The van der Waals surface area contributed by atoms with Crippen molar-refractivity contribution in [3.8, 4) is 0 Å². The Balaban J connectivity index is 4.05. The lowest BCUT2D eigenvalue weighted by Crippen LogP contribution is -2.07. The van der Waals surface area contributed by atoms with Gasteiger partial charge in [0.2, 0.25) is 0 Å². The molecule has 0 rings (SSSR count). The van der Waals surface area contributed by atoms with Crippen molar-refractivity contribution in [3.05, 3.63) is 11.0 Å². The molecule has 0 bridgehead atoms. The average molecular weight is 230 g/mol. The van der Waals surface area contributed by atoms with Crippen LogP contribution >= 0.6 is 0 Å². The quantitative estimate of drug-likeness (QED) is 0.474. The van der Waals surface area contributed by atoms with E-state index in [-0.39, 0.29) is 5.78 Å². The molecule has 0 radical (unpaired) electrons. The number of ketones is 1. The molecular formula is C12H22O2S. The van der Waals surface area contributed by atoms with Crippen molar-refractivity contribution in [2.24, 2.45) is 0 Å². The number of carbonyl (C=O) groups is 1. The number of unbranched alkanes of at least 4 members (excludes halogenated alkanes) is 3. The van der Waals surface area contributed by atoms with E-state index in [1.165, 1.54) is 12.8 Å². The highest BCUT2D eigenvalue weighted by Crippen LogP contribution is 2.10. The number of rotatable bonds is 8. The van der Waals surface area contributed by atoms with Gasteiger partial charge in [-0.25, -0.2) is 0 Å². The van der Waals surface area contributed by atoms with Gasteiger partial charge in [-0.05, 0) is 12.8 Å². The van der Waals surface area contributed by atoms with Crippen LogP contribution in [0, 0.1) is 0 Å². The van der Waals surface area contributed by atoms with Crippen LogP contribution in [0.15, 0.2) is 11.0 Å². The Labute approximate surface area is 95.6 Å². The van der Waals surface area contributed by atoms with Gasteiger partial charge >= 0.3 is 0 Å². The molecule has 0 aromatic rings. The van der Waals surface area contributed by atoms with E-state index in [4.69, 9.17) is 0 Å². The summed E-state index contributed by atoms with van der Waals surface area (Å²) in [7, 11) is -1.13. The molecule has 0 saturated carbocycles. The standard InChI is InChI=1S/C12H22O2S/c1-4-6-7-8-10-11(13)12(9-5-2)15(3)14/h9H,4-8,10H2,1-3H3. The SMILES string of the molecule is CCC=C(C(=O)CCCCCC)S(C)=O. The second-order valence-electron chi connectivity index (χ2n) is 3.66. The molecule has 0 aromatic heterocycles. The average Bonchev–Trinajstić information content (AvgIpc) is 2.20. The first-order valence-electron chi connectivity index (χ1n) is 5.70. The molecule has 1 unspecified atom stereocenters. The zero-order valence-electron chi connectivity index (χ0n) is 10.0. The molecule has 0 fully saturated rings. The summed E-state index contributed by atoms with van der Waals surface area (Å²) >= 11 is 0. The minimum absolute atomic E-state index is 0.0637. The van der Waals surface area contributed by atoms with Crippen molar-refractivity contribution in [2.45, 2.75) is 52.4 Å². The Kier molecular flexibility index (Phi) is 8.58. The van der Waals surface area contributed by atoms with Gasteiger partial charge in [0.1, 0.15) is 0 Å². The monoisotopic (exact) mass is 230 g/mol. The zero-order valence-corrected chi connectivity index (χ0v) is 10.9. The van der Waals surface area contributed by atoms with Crippen LogP contribution < -0.4 is 0 Å². The van der Waals surface area contributed by atoms with Crippen LogP contribution in [0.25, 0.3) is 0 Å². The van der Waals surface area contributed by atoms with E-state index in [2.05, 4.69) is 6.92 Å². The molecule has 2 nitrogen and oxygen atoms in total. The predicted octanol–water partition coefficient (Wildman–Crippen LogP) is 3.20. The minimum Gasteiger partial charge on any atom is -0.294 e. The van der Waals surface area contributed by atoms with Gasteiger partial charge in [-0.15, -0.1) is 0 Å². The number of carbonyl (C=O) groups excluding carboxylic acids is 1. The third-order valence-corrected chi connectivity index (χ3v) is 3.25. The lowest BCUT2D eigenvalue weighted by atomic mass is 10.1. The lowest BCUT2D eigenvalue weighted by Gasteiger charge is -2.03. The number of Topliss-reactive ketones (excluding diaryl/α,β-unsaturated/α-hetero) is 1. The van der Waals surface area contributed by atoms with Crippen LogP contribution in [0.5, 0.6) is 0 Å². The van der Waals surface area contributed by atoms with Gasteiger partial charge in [-0.1, -0.05) is 39.2 Å². The van der Waals surface area contributed by atoms with E-state index in [0.29, 0.717) is 11.3 Å². The maximum Gasteiger partial charge on any atom is 0.171 e. The third kappa shape index (κ3) is 6.61. The Bertz CT molecular complexity index is 244. The zero-order chi connectivity index (χ0) is 11.7. The Hall–Kier alpha value is -0.440. The topological polar surface area (TPSA) is 34.1 Å². The molecular weight excluding hydrogens is 208 g/mol. The largest absolute Gasteiger partial charge is 0.294 e. The Morgan fingerprint density at radius 1 is 1.20 bits per heavy atom. The maximum atomic E-state index is 11.7. The second-order valence-corrected chi connectivity index (χ2v) is 5.01. The molecule has 3 heteroatoms. The fraction of sp³-hybridized carbons (Fsp3) is 0.750. The summed E-state index contributed by atoms with van der Waals surface area (Å²) in [6.45, 7) is 4.10. The van der Waals surface area contributed by atoms with Crippen LogP contribution in [-0.4, -0.2) is 16.2 Å². The van der Waals surface area contributed by atoms with E-state index in [0.717, 1.165) is 19.3 Å². The van der Waals surface area contributed by atoms with Crippen LogP contribution in [0.2, 0.25) is 0 Å². The fourth-order valence-corrected chi connectivity index (χ4v) is 2.24. The number of hydrogen-bond acceptors (Lipinski definition) is 2. The Morgan fingerprint density at radius 2 is 1.87 bits per heavy atom. The second kappa shape index (κ2) is 8.84. The molecule has 0 spiro atoms. The van der Waals surface area contributed by atoms with Crippen LogP contribution in [0.1, 0.15) is 52.4 Å². The van der Waals surface area contributed by atoms with Crippen molar-refractivity contribution in [2.75, 3.05) is 6.26 Å². The molecule has 0 aliphatic heterocycles. The van der Waals surface area contributed by atoms with Crippen LogP contribution in [0.4, 0.5) is 0 Å². The summed E-state index contributed by atoms with van der Waals surface area (Å²) in [5.41, 5.74) is 0. The molecule has 0 amide bonds. The van der Waals surface area contributed by atoms with Crippen molar-refractivity contribution in [1.82, 2.24) is 0 Å². The van der Waals surface area contributed by atoms with Gasteiger partial charge in [0, 0.05) is 12.7 Å². The first kappa shape index (κ1) is 14.6. The van der Waals surface area contributed by atoms with E-state index in [9.17, 15) is 9.00 Å². The van der Waals surface area contributed by atoms with Gasteiger partial charge in [-0.3, -0.25) is 9.00 Å². The fourth-order valence-electron chi connectivity index (χ4n) is 1.41. The summed E-state index contributed by atoms with van der Waals surface area (Å²) in [4.78, 5) is 12.2. The molecule has 0 aromatic carbocycles. The Morgan fingerprint density at radius 3 is 2.33 bits per heavy atom. The number of allylic oxidation sites excluding steroid dienone is 2. The van der Waals surface area contributed by atoms with E-state index in [1.54, 1.807) is 12.3 Å². The highest BCUT2D eigenvalue weighted by Gasteiger charge is 2.11. The van der Waals surface area contributed by atoms with Crippen molar-refractivity contribution in [3.63, 3.8) is 0 Å². The predicted molar refractivity (Wildman–Crippen MR) is 66.2 cm³/mol. The van der Waals surface area contributed by atoms with Gasteiger partial charge in [0.25, 0.3) is 0 Å². The summed E-state index contributed by atoms with van der Waals surface area (Å²) in [5, 5.41) is 0. The molecule has 0 aliphatic carbocycles. The highest BCUT2D eigenvalue weighted by atomic mass is 32.2. The first-order chi connectivity index (χ1) is 7.13. The van der Waals surface area contributed by atoms with Gasteiger partial charge < -0.3 is 0 Å². The van der Waals surface area contributed by atoms with E-state index >= 15 is 0 Å². The van der Waals surface area contributed by atoms with Crippen molar-refractivity contribution < 1.29 is 9.00 Å². The van der Waals surface area contributed by atoms with Crippen LogP contribution in [-0.2, 0) is 15.6 Å². The molecule has 0 aliphatic rings. The van der Waals surface area contributed by atoms with Gasteiger partial charge in [0.05, 0.1) is 15.7 Å². The lowest BCUT2D eigenvalue weighted by molar-refractivity contribution is -0.115. The molecule has 0 saturated heterocycles. The van der Waals surface area contributed by atoms with Crippen molar-refractivity contribution in [1.29, 1.82) is 0 Å². The minimum atomic E-state index is -1.13. The first-order valence-corrected chi connectivity index (χ1v) is 7.26. The molecule has 15 heavy (non-hydrogen) atoms. The molecule has 88 valence electrons. The van der Waals surface area contributed by atoms with Crippen molar-refractivity contribution >= 4 is 16.6 Å². The maximum absolute atomic E-state index is 11.7. The summed E-state index contributed by atoms with van der Waals surface area (Å²) in [5.74, 6) is 0.0637. The highest BCUT2D eigenvalue weighted by molar-refractivity contribution is 7.89. The van der Waals surface area contributed by atoms with Gasteiger partial charge in [-0.2, -0.15) is 0 Å². The van der Waals surface area contributed by atoms with Gasteiger partial charge in [0.15, 0.2) is 5.78 Å². The summed E-state index contributed by atoms with van der Waals surface area (Å²) < 4.78 is 11.3. The number of hydrogen-bond donors (Lipinski definition) is 0. The van der Waals surface area contributed by atoms with E-state index in [1.807, 2.05) is 6.92 Å². The van der Waals surface area contributed by atoms with E-state index < -0.39 is 10.8 Å². The molecule has 1 atom stereocenters.